The fourth-order valence-electron chi connectivity index (χ4n) is 5.68. The number of rotatable bonds is 11. The molecule has 0 spiro atoms. The molecule has 1 saturated heterocycles. The van der Waals surface area contributed by atoms with E-state index < -0.39 is 29.4 Å². The average molecular weight is 580 g/mol. The number of hydrogen-bond donors (Lipinski definition) is 3. The number of fused-ring (bicyclic) bond motifs is 2. The molecule has 13 nitrogen and oxygen atoms in total. The minimum Gasteiger partial charge on any atom is -0.466 e. The number of carbonyl (C=O) groups excluding carboxylic acids is 4. The third kappa shape index (κ3) is 8.09. The van der Waals surface area contributed by atoms with Crippen LogP contribution in [0.2, 0.25) is 0 Å². The summed E-state index contributed by atoms with van der Waals surface area (Å²) >= 11 is 0. The molecule has 3 unspecified atom stereocenters. The molecule has 4 atom stereocenters. The molecular weight excluding hydrogens is 542 g/mol. The first-order chi connectivity index (χ1) is 20.2. The number of likely N-dealkylation sites (tertiary alicyclic amines) is 1. The molecule has 1 aliphatic carbocycles. The number of piperidine rings is 1. The average Bonchev–Trinajstić information content (AvgIpc) is 2.99. The van der Waals surface area contributed by atoms with Gasteiger partial charge in [-0.05, 0) is 69.2 Å². The molecule has 0 radical (unpaired) electrons. The van der Waals surface area contributed by atoms with Crippen molar-refractivity contribution in [2.24, 2.45) is 11.8 Å². The predicted molar refractivity (Wildman–Crippen MR) is 153 cm³/mol. The van der Waals surface area contributed by atoms with E-state index >= 15 is 0 Å². The van der Waals surface area contributed by atoms with Gasteiger partial charge in [-0.3, -0.25) is 24.1 Å². The Bertz CT molecular complexity index is 1360. The monoisotopic (exact) mass is 579 g/mol. The molecule has 3 amide bonds. The normalized spacial score (nSPS) is 20.9. The summed E-state index contributed by atoms with van der Waals surface area (Å²) in [5.74, 6) is -0.951. The second kappa shape index (κ2) is 14.5. The van der Waals surface area contributed by atoms with Crippen LogP contribution in [-0.4, -0.2) is 76.3 Å². The lowest BCUT2D eigenvalue weighted by atomic mass is 9.76. The van der Waals surface area contributed by atoms with Gasteiger partial charge in [0.15, 0.2) is 0 Å². The Balaban J connectivity index is 1.42. The molecule has 2 aromatic rings. The van der Waals surface area contributed by atoms with Crippen molar-refractivity contribution in [2.45, 2.75) is 57.3 Å². The van der Waals surface area contributed by atoms with Gasteiger partial charge in [0, 0.05) is 18.8 Å². The molecule has 2 aromatic heterocycles. The molecule has 224 valence electrons. The van der Waals surface area contributed by atoms with Gasteiger partial charge in [0.1, 0.15) is 18.3 Å². The van der Waals surface area contributed by atoms with E-state index in [0.717, 1.165) is 19.4 Å². The predicted octanol–water partition coefficient (Wildman–Crippen LogP) is 1.08. The standard InChI is InChI=1S/C29H37N7O6/c1-35-17-19-7-5-8-20(15-19)26(35)34-24(37)18-36-14-6-10-23(29(36)41)33-28(40)22(9-3-4-11-25(38)42-2)32-27(39)21-12-13-30-31-16-21/h4,6,10-14,16,19-20,22,26H,3,5,7-9,15,17-18H2,1-2H3,(H,32,39)(H,33,40)(H,34,37)/b11-4+/t19?,20?,22-,26?/m0/s1. The summed E-state index contributed by atoms with van der Waals surface area (Å²) in [6.45, 7) is 0.743. The quantitative estimate of drug-likeness (QED) is 0.261. The molecule has 4 rings (SSSR count). The Labute approximate surface area is 243 Å². The van der Waals surface area contributed by atoms with Crippen molar-refractivity contribution in [3.63, 3.8) is 0 Å². The molecule has 1 aliphatic heterocycles. The van der Waals surface area contributed by atoms with Crippen LogP contribution >= 0.6 is 0 Å². The molecule has 1 saturated carbocycles. The summed E-state index contributed by atoms with van der Waals surface area (Å²) in [7, 11) is 3.27. The van der Waals surface area contributed by atoms with Gasteiger partial charge in [0.25, 0.3) is 11.5 Å². The maximum Gasteiger partial charge on any atom is 0.330 e. The number of hydrogen-bond acceptors (Lipinski definition) is 9. The van der Waals surface area contributed by atoms with Crippen LogP contribution in [0.1, 0.15) is 48.9 Å². The van der Waals surface area contributed by atoms with E-state index in [2.05, 4.69) is 35.8 Å². The SMILES string of the molecule is COC(=O)/C=C/CC[C@H](NC(=O)c1ccnnc1)C(=O)Nc1cccn(CC(=O)NC2C3CCCC(C3)CN2C)c1=O. The van der Waals surface area contributed by atoms with Crippen molar-refractivity contribution in [2.75, 3.05) is 26.0 Å². The number of ether oxygens (including phenoxy) is 1. The van der Waals surface area contributed by atoms with Crippen molar-refractivity contribution in [1.82, 2.24) is 30.3 Å². The van der Waals surface area contributed by atoms with Crippen LogP contribution in [0.25, 0.3) is 0 Å². The van der Waals surface area contributed by atoms with Crippen LogP contribution < -0.4 is 21.5 Å². The summed E-state index contributed by atoms with van der Waals surface area (Å²) in [6, 6.07) is 3.41. The number of amides is 3. The Morgan fingerprint density at radius 1 is 1.19 bits per heavy atom. The fraction of sp³-hybridized carbons (Fsp3) is 0.483. The Morgan fingerprint density at radius 3 is 2.79 bits per heavy atom. The molecule has 0 aromatic carbocycles. The highest BCUT2D eigenvalue weighted by Gasteiger charge is 2.37. The minimum atomic E-state index is -1.05. The smallest absolute Gasteiger partial charge is 0.330 e. The van der Waals surface area contributed by atoms with Gasteiger partial charge in [0.05, 0.1) is 31.2 Å². The summed E-state index contributed by atoms with van der Waals surface area (Å²) < 4.78 is 5.81. The Hall–Kier alpha value is -4.39. The van der Waals surface area contributed by atoms with Crippen LogP contribution in [0, 0.1) is 11.8 Å². The number of allylic oxidation sites excluding steroid dienone is 1. The van der Waals surface area contributed by atoms with Gasteiger partial charge in [-0.15, -0.1) is 0 Å². The van der Waals surface area contributed by atoms with Gasteiger partial charge in [-0.25, -0.2) is 4.79 Å². The maximum atomic E-state index is 13.2. The zero-order chi connectivity index (χ0) is 30.1. The number of anilines is 1. The van der Waals surface area contributed by atoms with E-state index in [1.165, 1.54) is 67.4 Å². The third-order valence-electron chi connectivity index (χ3n) is 7.74. The lowest BCUT2D eigenvalue weighted by molar-refractivity contribution is -0.134. The van der Waals surface area contributed by atoms with Crippen molar-refractivity contribution >= 4 is 29.4 Å². The van der Waals surface area contributed by atoms with Gasteiger partial charge in [-0.1, -0.05) is 12.5 Å². The van der Waals surface area contributed by atoms with E-state index in [1.807, 2.05) is 7.05 Å². The van der Waals surface area contributed by atoms with Gasteiger partial charge < -0.3 is 25.3 Å². The molecular formula is C29H37N7O6. The number of methoxy groups -OCH3 is 1. The zero-order valence-electron chi connectivity index (χ0n) is 23.8. The molecule has 3 N–H and O–H groups in total. The second-order valence-corrected chi connectivity index (χ2v) is 10.7. The van der Waals surface area contributed by atoms with Crippen LogP contribution in [-0.2, 0) is 25.7 Å². The van der Waals surface area contributed by atoms with Gasteiger partial charge >= 0.3 is 5.97 Å². The summed E-state index contributed by atoms with van der Waals surface area (Å²) in [5, 5.41) is 15.6. The number of esters is 1. The molecule has 42 heavy (non-hydrogen) atoms. The van der Waals surface area contributed by atoms with Crippen LogP contribution in [0.5, 0.6) is 0 Å². The molecule has 13 heteroatoms. The minimum absolute atomic E-state index is 0.0323. The number of carbonyl (C=O) groups is 4. The van der Waals surface area contributed by atoms with E-state index in [1.54, 1.807) is 6.07 Å². The molecule has 2 fully saturated rings. The first kappa shape index (κ1) is 30.6. The van der Waals surface area contributed by atoms with Gasteiger partial charge in [0.2, 0.25) is 11.8 Å². The van der Waals surface area contributed by atoms with Crippen LogP contribution in [0.4, 0.5) is 5.69 Å². The zero-order valence-corrected chi connectivity index (χ0v) is 23.8. The summed E-state index contributed by atoms with van der Waals surface area (Å²) in [5.41, 5.74) is -0.381. The summed E-state index contributed by atoms with van der Waals surface area (Å²) in [4.78, 5) is 65.7. The number of nitrogens with one attached hydrogen (secondary N) is 3. The highest BCUT2D eigenvalue weighted by Crippen LogP contribution is 2.36. The van der Waals surface area contributed by atoms with E-state index in [4.69, 9.17) is 0 Å². The molecule has 3 heterocycles. The van der Waals surface area contributed by atoms with Crippen LogP contribution in [0.3, 0.4) is 0 Å². The highest BCUT2D eigenvalue weighted by molar-refractivity contribution is 6.01. The summed E-state index contributed by atoms with van der Waals surface area (Å²) in [6.07, 6.45) is 11.7. The van der Waals surface area contributed by atoms with Crippen molar-refractivity contribution in [3.8, 4) is 0 Å². The third-order valence-corrected chi connectivity index (χ3v) is 7.74. The Kier molecular flexibility index (Phi) is 10.5. The van der Waals surface area contributed by atoms with Crippen molar-refractivity contribution < 1.29 is 23.9 Å². The van der Waals surface area contributed by atoms with E-state index in [0.29, 0.717) is 11.8 Å². The second-order valence-electron chi connectivity index (χ2n) is 10.7. The topological polar surface area (TPSA) is 165 Å². The largest absolute Gasteiger partial charge is 0.466 e. The van der Waals surface area contributed by atoms with E-state index in [-0.39, 0.29) is 42.7 Å². The fourth-order valence-corrected chi connectivity index (χ4v) is 5.68. The van der Waals surface area contributed by atoms with Crippen LogP contribution in [0.15, 0.2) is 53.7 Å². The maximum absolute atomic E-state index is 13.2. The van der Waals surface area contributed by atoms with Crippen molar-refractivity contribution in [3.05, 3.63) is 64.9 Å². The molecule has 2 aliphatic rings. The lowest BCUT2D eigenvalue weighted by Gasteiger charge is -2.46. The first-order valence-electron chi connectivity index (χ1n) is 14.1. The Morgan fingerprint density at radius 2 is 2.02 bits per heavy atom. The number of pyridine rings is 1. The van der Waals surface area contributed by atoms with Crippen molar-refractivity contribution in [1.29, 1.82) is 0 Å². The highest BCUT2D eigenvalue weighted by atomic mass is 16.5. The van der Waals surface area contributed by atoms with E-state index in [9.17, 15) is 24.0 Å². The first-order valence-corrected chi connectivity index (χ1v) is 14.1. The van der Waals surface area contributed by atoms with Gasteiger partial charge in [-0.2, -0.15) is 10.2 Å². The number of aromatic nitrogens is 3. The lowest BCUT2D eigenvalue weighted by Crippen LogP contribution is -2.57. The number of nitrogens with zero attached hydrogens (tertiary/aromatic N) is 4. The molecule has 2 bridgehead atoms.